The highest BCUT2D eigenvalue weighted by molar-refractivity contribution is 9.10. The van der Waals surface area contributed by atoms with Crippen LogP contribution >= 0.6 is 15.9 Å². The Morgan fingerprint density at radius 2 is 1.33 bits per heavy atom. The summed E-state index contributed by atoms with van der Waals surface area (Å²) in [7, 11) is 0. The summed E-state index contributed by atoms with van der Waals surface area (Å²) in [5, 5.41) is 11.5. The number of aliphatic hydroxyl groups is 1. The van der Waals surface area contributed by atoms with Gasteiger partial charge in [-0.3, -0.25) is 9.97 Å². The maximum atomic E-state index is 11.5. The second-order valence-corrected chi connectivity index (χ2v) is 5.93. The van der Waals surface area contributed by atoms with Crippen molar-refractivity contribution in [3.8, 4) is 11.4 Å². The smallest absolute Gasteiger partial charge is 0.144 e. The van der Waals surface area contributed by atoms with Gasteiger partial charge in [-0.05, 0) is 29.8 Å². The van der Waals surface area contributed by atoms with E-state index in [0.29, 0.717) is 0 Å². The molecule has 1 aliphatic rings. The molecule has 0 saturated heterocycles. The van der Waals surface area contributed by atoms with E-state index in [0.717, 1.165) is 32.6 Å². The molecule has 1 aromatic carbocycles. The van der Waals surface area contributed by atoms with Crippen LogP contribution in [0.1, 0.15) is 16.7 Å². The summed E-state index contributed by atoms with van der Waals surface area (Å²) in [5.41, 5.74) is 2.67. The molecule has 21 heavy (non-hydrogen) atoms. The van der Waals surface area contributed by atoms with Crippen molar-refractivity contribution in [3.05, 3.63) is 82.1 Å². The van der Waals surface area contributed by atoms with Crippen LogP contribution in [0.25, 0.3) is 11.4 Å². The molecule has 0 bridgehead atoms. The molecule has 0 atom stereocenters. The molecule has 0 radical (unpaired) electrons. The Bertz CT molecular complexity index is 785. The first-order valence-corrected chi connectivity index (χ1v) is 7.40. The first-order valence-electron chi connectivity index (χ1n) is 6.61. The van der Waals surface area contributed by atoms with Crippen LogP contribution in [0.5, 0.6) is 0 Å². The van der Waals surface area contributed by atoms with Crippen molar-refractivity contribution in [1.29, 1.82) is 0 Å². The summed E-state index contributed by atoms with van der Waals surface area (Å²) in [6, 6.07) is 15.2. The summed E-state index contributed by atoms with van der Waals surface area (Å²) >= 11 is 3.43. The maximum Gasteiger partial charge on any atom is 0.144 e. The lowest BCUT2D eigenvalue weighted by Gasteiger charge is -2.25. The summed E-state index contributed by atoms with van der Waals surface area (Å²) < 4.78 is 0.977. The highest BCUT2D eigenvalue weighted by Crippen LogP contribution is 2.48. The van der Waals surface area contributed by atoms with Gasteiger partial charge in [0.2, 0.25) is 0 Å². The molecule has 4 rings (SSSR count). The Hall–Kier alpha value is -2.04. The molecule has 0 spiro atoms. The Morgan fingerprint density at radius 1 is 0.810 bits per heavy atom. The van der Waals surface area contributed by atoms with Crippen LogP contribution in [0, 0.1) is 0 Å². The van der Waals surface area contributed by atoms with Crippen molar-refractivity contribution in [2.24, 2.45) is 0 Å². The highest BCUT2D eigenvalue weighted by Gasteiger charge is 2.44. The average Bonchev–Trinajstić information content (AvgIpc) is 2.80. The average molecular weight is 339 g/mol. The first-order chi connectivity index (χ1) is 10.2. The molecule has 2 aromatic heterocycles. The number of nitrogens with zero attached hydrogens (tertiary/aromatic N) is 2. The van der Waals surface area contributed by atoms with Crippen LogP contribution in [0.4, 0.5) is 0 Å². The fraction of sp³-hybridized carbons (Fsp3) is 0.0588. The van der Waals surface area contributed by atoms with Crippen LogP contribution in [-0.2, 0) is 5.60 Å². The third-order valence-electron chi connectivity index (χ3n) is 3.88. The van der Waals surface area contributed by atoms with Crippen LogP contribution in [0.15, 0.2) is 65.4 Å². The molecule has 4 heteroatoms. The van der Waals surface area contributed by atoms with Gasteiger partial charge in [0.15, 0.2) is 0 Å². The molecule has 3 nitrogen and oxygen atoms in total. The molecule has 3 aromatic rings. The van der Waals surface area contributed by atoms with E-state index in [9.17, 15) is 5.11 Å². The zero-order valence-electron chi connectivity index (χ0n) is 11.0. The molecule has 1 N–H and O–H groups in total. The van der Waals surface area contributed by atoms with E-state index in [-0.39, 0.29) is 0 Å². The van der Waals surface area contributed by atoms with Gasteiger partial charge in [0, 0.05) is 28.0 Å². The summed E-state index contributed by atoms with van der Waals surface area (Å²) in [5.74, 6) is 0. The quantitative estimate of drug-likeness (QED) is 0.738. The van der Waals surface area contributed by atoms with Crippen molar-refractivity contribution in [2.75, 3.05) is 0 Å². The molecule has 2 heterocycles. The van der Waals surface area contributed by atoms with Crippen LogP contribution in [0.2, 0.25) is 0 Å². The van der Waals surface area contributed by atoms with E-state index in [4.69, 9.17) is 0 Å². The standard InChI is InChI=1S/C17H11BrN2O/c18-12-7-5-11(6-8-12)17(21)13-3-1-9-19-15(13)16-14(17)4-2-10-20-16/h1-10,21H. The molecule has 0 saturated carbocycles. The number of aromatic nitrogens is 2. The monoisotopic (exact) mass is 338 g/mol. The normalized spacial score (nSPS) is 14.6. The molecule has 0 amide bonds. The fourth-order valence-electron chi connectivity index (χ4n) is 2.92. The lowest BCUT2D eigenvalue weighted by Crippen LogP contribution is -2.26. The number of halogens is 1. The fourth-order valence-corrected chi connectivity index (χ4v) is 3.18. The van der Waals surface area contributed by atoms with E-state index in [2.05, 4.69) is 25.9 Å². The van der Waals surface area contributed by atoms with Gasteiger partial charge in [0.05, 0.1) is 11.4 Å². The molecule has 0 aliphatic heterocycles. The van der Waals surface area contributed by atoms with Gasteiger partial charge in [-0.2, -0.15) is 0 Å². The molecule has 0 fully saturated rings. The number of rotatable bonds is 1. The predicted octanol–water partition coefficient (Wildman–Crippen LogP) is 3.50. The SMILES string of the molecule is OC1(c2ccc(Br)cc2)c2cccnc2-c2ncccc21. The maximum absolute atomic E-state index is 11.5. The lowest BCUT2D eigenvalue weighted by atomic mass is 9.85. The van der Waals surface area contributed by atoms with Crippen LogP contribution < -0.4 is 0 Å². The van der Waals surface area contributed by atoms with Crippen molar-refractivity contribution in [2.45, 2.75) is 5.60 Å². The minimum absolute atomic E-state index is 0.749. The molecule has 102 valence electrons. The van der Waals surface area contributed by atoms with Gasteiger partial charge in [-0.1, -0.05) is 40.2 Å². The number of pyridine rings is 2. The Kier molecular flexibility index (Phi) is 2.71. The summed E-state index contributed by atoms with van der Waals surface area (Å²) in [4.78, 5) is 8.81. The second-order valence-electron chi connectivity index (χ2n) is 5.02. The van der Waals surface area contributed by atoms with E-state index >= 15 is 0 Å². The predicted molar refractivity (Wildman–Crippen MR) is 83.7 cm³/mol. The minimum Gasteiger partial charge on any atom is -0.376 e. The zero-order valence-corrected chi connectivity index (χ0v) is 12.6. The van der Waals surface area contributed by atoms with Crippen molar-refractivity contribution >= 4 is 15.9 Å². The first kappa shape index (κ1) is 12.7. The number of hydrogen-bond acceptors (Lipinski definition) is 3. The van der Waals surface area contributed by atoms with E-state index in [1.807, 2.05) is 48.5 Å². The Balaban J connectivity index is 2.06. The van der Waals surface area contributed by atoms with Gasteiger partial charge in [-0.15, -0.1) is 0 Å². The van der Waals surface area contributed by atoms with E-state index < -0.39 is 5.60 Å². The molecular formula is C17H11BrN2O. The van der Waals surface area contributed by atoms with Gasteiger partial charge >= 0.3 is 0 Å². The van der Waals surface area contributed by atoms with Crippen molar-refractivity contribution in [3.63, 3.8) is 0 Å². The topological polar surface area (TPSA) is 46.0 Å². The number of fused-ring (bicyclic) bond motifs is 3. The second kappa shape index (κ2) is 4.48. The summed E-state index contributed by atoms with van der Waals surface area (Å²) in [6.45, 7) is 0. The van der Waals surface area contributed by atoms with Gasteiger partial charge in [0.25, 0.3) is 0 Å². The van der Waals surface area contributed by atoms with Crippen molar-refractivity contribution < 1.29 is 5.11 Å². The molecule has 1 aliphatic carbocycles. The third kappa shape index (κ3) is 1.69. The lowest BCUT2D eigenvalue weighted by molar-refractivity contribution is 0.130. The van der Waals surface area contributed by atoms with Gasteiger partial charge in [0.1, 0.15) is 5.60 Å². The van der Waals surface area contributed by atoms with Gasteiger partial charge in [-0.25, -0.2) is 0 Å². The molecule has 0 unspecified atom stereocenters. The van der Waals surface area contributed by atoms with E-state index in [1.165, 1.54) is 0 Å². The van der Waals surface area contributed by atoms with Gasteiger partial charge < -0.3 is 5.11 Å². The third-order valence-corrected chi connectivity index (χ3v) is 4.41. The molecular weight excluding hydrogens is 328 g/mol. The highest BCUT2D eigenvalue weighted by atomic mass is 79.9. The van der Waals surface area contributed by atoms with Crippen molar-refractivity contribution in [1.82, 2.24) is 9.97 Å². The van der Waals surface area contributed by atoms with Crippen LogP contribution in [-0.4, -0.2) is 15.1 Å². The number of hydrogen-bond donors (Lipinski definition) is 1. The Labute approximate surface area is 130 Å². The largest absolute Gasteiger partial charge is 0.376 e. The number of benzene rings is 1. The van der Waals surface area contributed by atoms with E-state index in [1.54, 1.807) is 12.4 Å². The zero-order chi connectivity index (χ0) is 14.4. The Morgan fingerprint density at radius 3 is 1.86 bits per heavy atom. The minimum atomic E-state index is -1.20. The summed E-state index contributed by atoms with van der Waals surface area (Å²) in [6.07, 6.45) is 3.45. The van der Waals surface area contributed by atoms with Crippen LogP contribution in [0.3, 0.4) is 0 Å².